The van der Waals surface area contributed by atoms with Gasteiger partial charge in [0.25, 0.3) is 5.91 Å². The number of allylic oxidation sites excluding steroid dienone is 1. The molecule has 1 aromatic rings. The number of carbonyl (C=O) groups is 1. The van der Waals surface area contributed by atoms with Gasteiger partial charge in [-0.25, -0.2) is 9.98 Å². The number of aryl methyl sites for hydroxylation is 1. The van der Waals surface area contributed by atoms with E-state index in [1.165, 1.54) is 0 Å². The lowest BCUT2D eigenvalue weighted by molar-refractivity contribution is -0.115. The number of likely N-dealkylation sites (tertiary alicyclic amines) is 1. The first-order valence-electron chi connectivity index (χ1n) is 11.6. The summed E-state index contributed by atoms with van der Waals surface area (Å²) >= 11 is 0. The van der Waals surface area contributed by atoms with Gasteiger partial charge in [-0.05, 0) is 97.8 Å². The maximum Gasteiger partial charge on any atom is 0.265 e. The molecule has 0 bridgehead atoms. The molecule has 1 amide bonds. The van der Waals surface area contributed by atoms with Gasteiger partial charge in [-0.15, -0.1) is 0 Å². The minimum atomic E-state index is -0.165. The number of carbonyl (C=O) groups excluding carboxylic acids is 1. The van der Waals surface area contributed by atoms with Crippen molar-refractivity contribution in [2.45, 2.75) is 66.5 Å². The number of hydrogen-bond acceptors (Lipinski definition) is 6. The number of aliphatic imine (C=N–C) groups is 2. The zero-order valence-corrected chi connectivity index (χ0v) is 21.2. The molecule has 1 aliphatic rings. The number of piperidine rings is 1. The van der Waals surface area contributed by atoms with Crippen LogP contribution in [0.2, 0.25) is 0 Å². The molecule has 1 heterocycles. The van der Waals surface area contributed by atoms with Crippen molar-refractivity contribution < 1.29 is 9.53 Å². The van der Waals surface area contributed by atoms with Crippen molar-refractivity contribution in [1.82, 2.24) is 10.2 Å². The lowest BCUT2D eigenvalue weighted by Gasteiger charge is -2.29. The molecule has 0 unspecified atom stereocenters. The van der Waals surface area contributed by atoms with Crippen molar-refractivity contribution >= 4 is 23.5 Å². The number of nitrogens with one attached hydrogen (secondary N) is 2. The quantitative estimate of drug-likeness (QED) is 0.420. The average Bonchev–Trinajstić information content (AvgIpc) is 2.74. The maximum absolute atomic E-state index is 12.8. The molecule has 1 aromatic carbocycles. The van der Waals surface area contributed by atoms with Crippen molar-refractivity contribution in [1.29, 1.82) is 0 Å². The topological polar surface area (TPSA) is 78.3 Å². The average molecular weight is 454 g/mol. The highest BCUT2D eigenvalue weighted by molar-refractivity contribution is 6.38. The van der Waals surface area contributed by atoms with Crippen molar-refractivity contribution in [2.24, 2.45) is 9.98 Å². The molecule has 2 N–H and O–H groups in total. The first kappa shape index (κ1) is 26.3. The molecule has 1 fully saturated rings. The van der Waals surface area contributed by atoms with Crippen LogP contribution < -0.4 is 15.4 Å². The standard InChI is InChI=1S/C26H39N5O2/c1-9-27-25(30-22-11-10-19(6)16-23(22)33-18(4)5)24(17(2)3)28-20(7)26(32)29-21-12-14-31(8)15-13-21/h9-11,16,18,21,30H,2,12-15H2,1,3-8H3,(H,29,32)/b25-24-,27-9-,28-20+. The summed E-state index contributed by atoms with van der Waals surface area (Å²) < 4.78 is 5.99. The van der Waals surface area contributed by atoms with Crippen LogP contribution in [0, 0.1) is 6.92 Å². The highest BCUT2D eigenvalue weighted by atomic mass is 16.5. The van der Waals surface area contributed by atoms with E-state index in [0.29, 0.717) is 22.8 Å². The van der Waals surface area contributed by atoms with Crippen molar-refractivity contribution in [3.8, 4) is 5.75 Å². The third kappa shape index (κ3) is 8.17. The van der Waals surface area contributed by atoms with Crippen LogP contribution in [0.5, 0.6) is 5.75 Å². The number of nitrogens with zero attached hydrogens (tertiary/aromatic N) is 3. The SMILES string of the molecule is C=C(C)C(/N=C(\C)C(=O)NC1CCN(C)CC1)=C(\N=C/C)Nc1ccc(C)cc1OC(C)C. The van der Waals surface area contributed by atoms with Crippen LogP contribution in [0.15, 0.2) is 51.9 Å². The minimum absolute atomic E-state index is 0.0265. The van der Waals surface area contributed by atoms with Gasteiger partial charge in [-0.2, -0.15) is 0 Å². The lowest BCUT2D eigenvalue weighted by Crippen LogP contribution is -2.45. The predicted molar refractivity (Wildman–Crippen MR) is 138 cm³/mol. The third-order valence-electron chi connectivity index (χ3n) is 5.30. The Hall–Kier alpha value is -2.93. The second-order valence-corrected chi connectivity index (χ2v) is 8.90. The minimum Gasteiger partial charge on any atom is -0.489 e. The van der Waals surface area contributed by atoms with Gasteiger partial charge < -0.3 is 20.3 Å². The Labute approximate surface area is 198 Å². The summed E-state index contributed by atoms with van der Waals surface area (Å²) in [6.07, 6.45) is 3.60. The number of amides is 1. The van der Waals surface area contributed by atoms with Crippen LogP contribution in [0.1, 0.15) is 53.0 Å². The zero-order valence-electron chi connectivity index (χ0n) is 21.2. The number of rotatable bonds is 9. The first-order valence-corrected chi connectivity index (χ1v) is 11.6. The van der Waals surface area contributed by atoms with Gasteiger partial charge in [0.2, 0.25) is 0 Å². The van der Waals surface area contributed by atoms with E-state index in [1.807, 2.05) is 52.8 Å². The summed E-state index contributed by atoms with van der Waals surface area (Å²) in [5.41, 5.74) is 3.48. The van der Waals surface area contributed by atoms with Crippen molar-refractivity contribution in [3.05, 3.63) is 47.4 Å². The van der Waals surface area contributed by atoms with Crippen LogP contribution in [-0.2, 0) is 4.79 Å². The third-order valence-corrected chi connectivity index (χ3v) is 5.30. The van der Waals surface area contributed by atoms with E-state index in [0.717, 1.165) is 42.9 Å². The van der Waals surface area contributed by atoms with Crippen molar-refractivity contribution in [3.63, 3.8) is 0 Å². The lowest BCUT2D eigenvalue weighted by atomic mass is 10.1. The zero-order chi connectivity index (χ0) is 24.5. The van der Waals surface area contributed by atoms with Crippen LogP contribution in [-0.4, -0.2) is 55.0 Å². The monoisotopic (exact) mass is 453 g/mol. The molecule has 180 valence electrons. The summed E-state index contributed by atoms with van der Waals surface area (Å²) in [7, 11) is 2.10. The molecular weight excluding hydrogens is 414 g/mol. The van der Waals surface area contributed by atoms with E-state index >= 15 is 0 Å². The molecule has 0 atom stereocenters. The number of benzene rings is 1. The molecular formula is C26H39N5O2. The predicted octanol–water partition coefficient (Wildman–Crippen LogP) is 4.70. The fourth-order valence-corrected chi connectivity index (χ4v) is 3.51. The van der Waals surface area contributed by atoms with Crippen LogP contribution in [0.4, 0.5) is 5.69 Å². The molecule has 2 rings (SSSR count). The summed E-state index contributed by atoms with van der Waals surface area (Å²) in [5.74, 6) is 1.08. The van der Waals surface area contributed by atoms with Crippen LogP contribution in [0.25, 0.3) is 0 Å². The Balaban J connectivity index is 2.35. The summed E-state index contributed by atoms with van der Waals surface area (Å²) in [5, 5.41) is 6.46. The van der Waals surface area contributed by atoms with Gasteiger partial charge in [0.1, 0.15) is 17.2 Å². The van der Waals surface area contributed by atoms with Gasteiger partial charge >= 0.3 is 0 Å². The smallest absolute Gasteiger partial charge is 0.265 e. The second kappa shape index (κ2) is 12.3. The molecule has 0 radical (unpaired) electrons. The van der Waals surface area contributed by atoms with Crippen molar-refractivity contribution in [2.75, 3.05) is 25.5 Å². The molecule has 0 saturated carbocycles. The molecule has 7 heteroatoms. The Morgan fingerprint density at radius 1 is 1.27 bits per heavy atom. The van der Waals surface area contributed by atoms with Gasteiger partial charge in [-0.1, -0.05) is 12.6 Å². The number of anilines is 1. The molecule has 0 spiro atoms. The summed E-state index contributed by atoms with van der Waals surface area (Å²) in [6, 6.07) is 6.12. The van der Waals surface area contributed by atoms with E-state index in [9.17, 15) is 4.79 Å². The maximum atomic E-state index is 12.8. The number of hydrogen-bond donors (Lipinski definition) is 2. The van der Waals surface area contributed by atoms with E-state index in [-0.39, 0.29) is 18.1 Å². The second-order valence-electron chi connectivity index (χ2n) is 8.90. The highest BCUT2D eigenvalue weighted by Gasteiger charge is 2.20. The molecule has 0 aromatic heterocycles. The summed E-state index contributed by atoms with van der Waals surface area (Å²) in [4.78, 5) is 24.2. The first-order chi connectivity index (χ1) is 15.6. The van der Waals surface area contributed by atoms with E-state index in [1.54, 1.807) is 13.1 Å². The molecule has 0 aliphatic carbocycles. The van der Waals surface area contributed by atoms with Crippen LogP contribution in [0.3, 0.4) is 0 Å². The Morgan fingerprint density at radius 2 is 1.94 bits per heavy atom. The van der Waals surface area contributed by atoms with E-state index in [2.05, 4.69) is 39.1 Å². The normalized spacial score (nSPS) is 16.7. The highest BCUT2D eigenvalue weighted by Crippen LogP contribution is 2.30. The Morgan fingerprint density at radius 3 is 2.52 bits per heavy atom. The Bertz CT molecular complexity index is 938. The van der Waals surface area contributed by atoms with Crippen LogP contribution >= 0.6 is 0 Å². The van der Waals surface area contributed by atoms with E-state index < -0.39 is 0 Å². The molecule has 7 nitrogen and oxygen atoms in total. The summed E-state index contributed by atoms with van der Waals surface area (Å²) in [6.45, 7) is 17.4. The van der Waals surface area contributed by atoms with Gasteiger partial charge in [0, 0.05) is 12.3 Å². The Kier molecular flexibility index (Phi) is 9.85. The van der Waals surface area contributed by atoms with Gasteiger partial charge in [-0.3, -0.25) is 4.79 Å². The molecule has 1 aliphatic heterocycles. The largest absolute Gasteiger partial charge is 0.489 e. The fraction of sp³-hybridized carbons (Fsp3) is 0.500. The number of ether oxygens (including phenoxy) is 1. The van der Waals surface area contributed by atoms with Gasteiger partial charge in [0.05, 0.1) is 11.8 Å². The molecule has 1 saturated heterocycles. The van der Waals surface area contributed by atoms with Gasteiger partial charge in [0.15, 0.2) is 5.82 Å². The fourth-order valence-electron chi connectivity index (χ4n) is 3.51. The molecule has 33 heavy (non-hydrogen) atoms. The van der Waals surface area contributed by atoms with E-state index in [4.69, 9.17) is 4.74 Å².